The molecule has 0 saturated heterocycles. The molecule has 1 unspecified atom stereocenters. The van der Waals surface area contributed by atoms with Gasteiger partial charge in [0.25, 0.3) is 5.69 Å². The predicted octanol–water partition coefficient (Wildman–Crippen LogP) is 1.52. The molecule has 0 saturated carbocycles. The quantitative estimate of drug-likeness (QED) is 0.601. The molecule has 8 heteroatoms. The Morgan fingerprint density at radius 3 is 2.32 bits per heavy atom. The molecule has 0 fully saturated rings. The molecule has 0 bridgehead atoms. The molecule has 1 rings (SSSR count). The Kier molecular flexibility index (Phi) is 4.58. The van der Waals surface area contributed by atoms with Crippen LogP contribution in [0.25, 0.3) is 0 Å². The Morgan fingerprint density at radius 1 is 1.42 bits per heavy atom. The Balaban J connectivity index is 3.20. The molecular formula is C11H13N3O4S. The summed E-state index contributed by atoms with van der Waals surface area (Å²) in [5, 5.41) is 19.3. The minimum Gasteiger partial charge on any atom is -0.258 e. The van der Waals surface area contributed by atoms with Gasteiger partial charge in [0.05, 0.1) is 15.9 Å². The third-order valence-electron chi connectivity index (χ3n) is 2.58. The average Bonchev–Trinajstić information content (AvgIpc) is 2.39. The molecule has 0 radical (unpaired) electrons. The van der Waals surface area contributed by atoms with Gasteiger partial charge in [-0.05, 0) is 19.1 Å². The van der Waals surface area contributed by atoms with Crippen LogP contribution in [0.5, 0.6) is 0 Å². The van der Waals surface area contributed by atoms with Gasteiger partial charge in [0, 0.05) is 18.7 Å². The fourth-order valence-electron chi connectivity index (χ4n) is 1.59. The van der Waals surface area contributed by atoms with Crippen LogP contribution in [0.3, 0.4) is 0 Å². The minimum atomic E-state index is -3.82. The summed E-state index contributed by atoms with van der Waals surface area (Å²) < 4.78 is 25.5. The summed E-state index contributed by atoms with van der Waals surface area (Å²) in [6.07, 6.45) is 0. The van der Waals surface area contributed by atoms with E-state index in [1.165, 1.54) is 19.1 Å². The van der Waals surface area contributed by atoms with E-state index in [1.807, 2.05) is 6.07 Å². The van der Waals surface area contributed by atoms with E-state index >= 15 is 0 Å². The van der Waals surface area contributed by atoms with Crippen LogP contribution in [-0.4, -0.2) is 30.2 Å². The summed E-state index contributed by atoms with van der Waals surface area (Å²) in [5.74, 6) is 0. The lowest BCUT2D eigenvalue weighted by molar-refractivity contribution is -0.384. The molecule has 0 spiro atoms. The van der Waals surface area contributed by atoms with Crippen LogP contribution in [-0.2, 0) is 10.0 Å². The molecule has 0 aliphatic carbocycles. The topological polar surface area (TPSA) is 104 Å². The van der Waals surface area contributed by atoms with Gasteiger partial charge in [0.15, 0.2) is 0 Å². The first-order chi connectivity index (χ1) is 8.84. The standard InChI is InChI=1S/C11H13N3O4S/c1-3-13(9(2)8-12)19(17,18)11-6-4-10(5-7-11)14(15)16/h4-7,9H,3H2,1-2H3. The number of nitriles is 1. The van der Waals surface area contributed by atoms with Crippen molar-refractivity contribution >= 4 is 15.7 Å². The summed E-state index contributed by atoms with van der Waals surface area (Å²) in [6, 6.07) is 5.64. The first kappa shape index (κ1) is 15.1. The second-order valence-electron chi connectivity index (χ2n) is 3.76. The summed E-state index contributed by atoms with van der Waals surface area (Å²) >= 11 is 0. The number of nitro groups is 1. The maximum absolute atomic E-state index is 12.2. The highest BCUT2D eigenvalue weighted by Gasteiger charge is 2.27. The van der Waals surface area contributed by atoms with Crippen LogP contribution in [0.2, 0.25) is 0 Å². The highest BCUT2D eigenvalue weighted by atomic mass is 32.2. The predicted molar refractivity (Wildman–Crippen MR) is 67.7 cm³/mol. The van der Waals surface area contributed by atoms with Crippen LogP contribution in [0.1, 0.15) is 13.8 Å². The van der Waals surface area contributed by atoms with E-state index in [0.717, 1.165) is 16.4 Å². The second kappa shape index (κ2) is 5.77. The van der Waals surface area contributed by atoms with E-state index in [0.29, 0.717) is 0 Å². The Labute approximate surface area is 111 Å². The van der Waals surface area contributed by atoms with Crippen LogP contribution < -0.4 is 0 Å². The van der Waals surface area contributed by atoms with Crippen LogP contribution in [0, 0.1) is 21.4 Å². The molecule has 0 N–H and O–H groups in total. The van der Waals surface area contributed by atoms with Crippen LogP contribution in [0.4, 0.5) is 5.69 Å². The van der Waals surface area contributed by atoms with Crippen molar-refractivity contribution in [2.24, 2.45) is 0 Å². The van der Waals surface area contributed by atoms with Crippen molar-refractivity contribution in [1.29, 1.82) is 5.26 Å². The summed E-state index contributed by atoms with van der Waals surface area (Å²) in [6.45, 7) is 3.25. The van der Waals surface area contributed by atoms with Gasteiger partial charge in [-0.25, -0.2) is 8.42 Å². The fraction of sp³-hybridized carbons (Fsp3) is 0.364. The third-order valence-corrected chi connectivity index (χ3v) is 4.64. The fourth-order valence-corrected chi connectivity index (χ4v) is 3.15. The number of hydrogen-bond acceptors (Lipinski definition) is 5. The van der Waals surface area contributed by atoms with Crippen LogP contribution in [0.15, 0.2) is 29.2 Å². The molecule has 1 atom stereocenters. The molecule has 1 aromatic carbocycles. The molecule has 19 heavy (non-hydrogen) atoms. The van der Waals surface area contributed by atoms with E-state index in [9.17, 15) is 18.5 Å². The first-order valence-electron chi connectivity index (χ1n) is 5.50. The normalized spacial score (nSPS) is 12.9. The van der Waals surface area contributed by atoms with Crippen molar-refractivity contribution < 1.29 is 13.3 Å². The van der Waals surface area contributed by atoms with Gasteiger partial charge in [-0.3, -0.25) is 10.1 Å². The van der Waals surface area contributed by atoms with Gasteiger partial charge in [-0.2, -0.15) is 9.57 Å². The number of sulfonamides is 1. The molecule has 7 nitrogen and oxygen atoms in total. The van der Waals surface area contributed by atoms with Gasteiger partial charge in [-0.1, -0.05) is 6.92 Å². The van der Waals surface area contributed by atoms with E-state index in [-0.39, 0.29) is 17.1 Å². The van der Waals surface area contributed by atoms with E-state index < -0.39 is 21.0 Å². The molecular weight excluding hydrogens is 270 g/mol. The van der Waals surface area contributed by atoms with Gasteiger partial charge >= 0.3 is 0 Å². The number of nitro benzene ring substituents is 1. The molecule has 102 valence electrons. The van der Waals surface area contributed by atoms with Gasteiger partial charge in [0.2, 0.25) is 10.0 Å². The van der Waals surface area contributed by atoms with E-state index in [2.05, 4.69) is 0 Å². The lowest BCUT2D eigenvalue weighted by atomic mass is 10.3. The number of hydrogen-bond donors (Lipinski definition) is 0. The summed E-state index contributed by atoms with van der Waals surface area (Å²) in [4.78, 5) is 9.84. The van der Waals surface area contributed by atoms with Crippen molar-refractivity contribution in [2.45, 2.75) is 24.8 Å². The first-order valence-corrected chi connectivity index (χ1v) is 6.94. The number of rotatable bonds is 5. The molecule has 0 aliphatic heterocycles. The zero-order valence-electron chi connectivity index (χ0n) is 10.5. The van der Waals surface area contributed by atoms with Crippen molar-refractivity contribution in [3.8, 4) is 6.07 Å². The maximum atomic E-state index is 12.2. The third kappa shape index (κ3) is 3.07. The Bertz CT molecular complexity index is 604. The molecule has 0 heterocycles. The van der Waals surface area contributed by atoms with Gasteiger partial charge in [-0.15, -0.1) is 0 Å². The van der Waals surface area contributed by atoms with E-state index in [4.69, 9.17) is 5.26 Å². The van der Waals surface area contributed by atoms with Crippen molar-refractivity contribution in [3.05, 3.63) is 34.4 Å². The van der Waals surface area contributed by atoms with Gasteiger partial charge < -0.3 is 0 Å². The highest BCUT2D eigenvalue weighted by molar-refractivity contribution is 7.89. The summed E-state index contributed by atoms with van der Waals surface area (Å²) in [7, 11) is -3.82. The lowest BCUT2D eigenvalue weighted by Crippen LogP contribution is -2.37. The zero-order valence-corrected chi connectivity index (χ0v) is 11.3. The Morgan fingerprint density at radius 2 is 1.95 bits per heavy atom. The number of nitrogens with zero attached hydrogens (tertiary/aromatic N) is 3. The largest absolute Gasteiger partial charge is 0.269 e. The molecule has 0 amide bonds. The monoisotopic (exact) mass is 283 g/mol. The molecule has 0 aromatic heterocycles. The van der Waals surface area contributed by atoms with Crippen LogP contribution >= 0.6 is 0 Å². The van der Waals surface area contributed by atoms with Crippen molar-refractivity contribution in [2.75, 3.05) is 6.54 Å². The SMILES string of the molecule is CCN(C(C)C#N)S(=O)(=O)c1ccc([N+](=O)[O-])cc1. The highest BCUT2D eigenvalue weighted by Crippen LogP contribution is 2.20. The van der Waals surface area contributed by atoms with Gasteiger partial charge in [0.1, 0.15) is 6.04 Å². The second-order valence-corrected chi connectivity index (χ2v) is 5.66. The maximum Gasteiger partial charge on any atom is 0.269 e. The average molecular weight is 283 g/mol. The molecule has 1 aromatic rings. The Hall–Kier alpha value is -1.98. The van der Waals surface area contributed by atoms with E-state index in [1.54, 1.807) is 6.92 Å². The van der Waals surface area contributed by atoms with Crippen molar-refractivity contribution in [1.82, 2.24) is 4.31 Å². The minimum absolute atomic E-state index is 0.0675. The zero-order chi connectivity index (χ0) is 14.6. The smallest absolute Gasteiger partial charge is 0.258 e. The molecule has 0 aliphatic rings. The summed E-state index contributed by atoms with van der Waals surface area (Å²) in [5.41, 5.74) is -0.185. The lowest BCUT2D eigenvalue weighted by Gasteiger charge is -2.22. The number of non-ortho nitro benzene ring substituents is 1. The number of benzene rings is 1. The van der Waals surface area contributed by atoms with Crippen molar-refractivity contribution in [3.63, 3.8) is 0 Å².